The number of hydrogen-bond acceptors (Lipinski definition) is 4. The van der Waals surface area contributed by atoms with E-state index in [0.717, 1.165) is 16.9 Å². The minimum Gasteiger partial charge on any atom is -0.379 e. The number of anilines is 2. The lowest BCUT2D eigenvalue weighted by molar-refractivity contribution is -0.385. The third-order valence-electron chi connectivity index (χ3n) is 3.02. The van der Waals surface area contributed by atoms with Crippen LogP contribution >= 0.6 is 15.9 Å². The molecular weight excluding hydrogens is 334 g/mol. The summed E-state index contributed by atoms with van der Waals surface area (Å²) in [5.74, 6) is 0. The smallest absolute Gasteiger partial charge is 0.270 e. The number of rotatable bonds is 5. The average Bonchev–Trinajstić information content (AvgIpc) is 2.44. The number of non-ortho nitro benzene ring substituents is 1. The van der Waals surface area contributed by atoms with Gasteiger partial charge in [0.1, 0.15) is 0 Å². The third-order valence-corrected chi connectivity index (χ3v) is 3.48. The van der Waals surface area contributed by atoms with Gasteiger partial charge in [0.25, 0.3) is 5.69 Å². The van der Waals surface area contributed by atoms with Crippen LogP contribution in [0.15, 0.2) is 46.9 Å². The van der Waals surface area contributed by atoms with E-state index in [1.165, 1.54) is 6.07 Å². The van der Waals surface area contributed by atoms with E-state index in [1.807, 2.05) is 49.3 Å². The lowest BCUT2D eigenvalue weighted by Gasteiger charge is -2.18. The van der Waals surface area contributed by atoms with Crippen LogP contribution in [0.1, 0.15) is 5.56 Å². The number of nitro groups is 1. The Morgan fingerprint density at radius 2 is 1.95 bits per heavy atom. The zero-order valence-electron chi connectivity index (χ0n) is 11.8. The monoisotopic (exact) mass is 349 g/mol. The second-order valence-electron chi connectivity index (χ2n) is 4.84. The van der Waals surface area contributed by atoms with Crippen molar-refractivity contribution < 1.29 is 4.92 Å². The van der Waals surface area contributed by atoms with Gasteiger partial charge in [0.15, 0.2) is 0 Å². The Hall–Kier alpha value is -2.08. The van der Waals surface area contributed by atoms with Crippen molar-refractivity contribution >= 4 is 33.0 Å². The lowest BCUT2D eigenvalue weighted by Crippen LogP contribution is -2.12. The first kappa shape index (κ1) is 15.3. The summed E-state index contributed by atoms with van der Waals surface area (Å²) in [6.45, 7) is 0.519. The summed E-state index contributed by atoms with van der Waals surface area (Å²) in [5, 5.41) is 14.2. The molecule has 1 N–H and O–H groups in total. The number of halogens is 1. The van der Waals surface area contributed by atoms with Gasteiger partial charge in [-0.05, 0) is 23.8 Å². The number of nitrogens with one attached hydrogen (secondary N) is 1. The summed E-state index contributed by atoms with van der Waals surface area (Å²) in [7, 11) is 3.95. The molecule has 0 unspecified atom stereocenters. The predicted octanol–water partition coefficient (Wildman–Crippen LogP) is 4.04. The highest BCUT2D eigenvalue weighted by atomic mass is 79.9. The van der Waals surface area contributed by atoms with Crippen molar-refractivity contribution in [2.24, 2.45) is 0 Å². The molecule has 0 spiro atoms. The maximum atomic E-state index is 10.9. The van der Waals surface area contributed by atoms with Gasteiger partial charge in [-0.2, -0.15) is 0 Å². The Morgan fingerprint density at radius 1 is 1.24 bits per heavy atom. The Balaban J connectivity index is 2.19. The quantitative estimate of drug-likeness (QED) is 0.653. The topological polar surface area (TPSA) is 58.4 Å². The molecule has 0 amide bonds. The molecule has 2 rings (SSSR count). The Labute approximate surface area is 131 Å². The van der Waals surface area contributed by atoms with Gasteiger partial charge in [0.2, 0.25) is 0 Å². The zero-order chi connectivity index (χ0) is 15.4. The van der Waals surface area contributed by atoms with Crippen LogP contribution in [0, 0.1) is 10.1 Å². The maximum Gasteiger partial charge on any atom is 0.270 e. The summed E-state index contributed by atoms with van der Waals surface area (Å²) < 4.78 is 0.703. The van der Waals surface area contributed by atoms with E-state index in [4.69, 9.17) is 0 Å². The summed E-state index contributed by atoms with van der Waals surface area (Å²) in [5.41, 5.74) is 3.00. The van der Waals surface area contributed by atoms with E-state index < -0.39 is 0 Å². The van der Waals surface area contributed by atoms with Gasteiger partial charge in [0.05, 0.1) is 16.3 Å². The highest BCUT2D eigenvalue weighted by Gasteiger charge is 2.09. The molecule has 6 heteroatoms. The van der Waals surface area contributed by atoms with Crippen molar-refractivity contribution in [1.29, 1.82) is 0 Å². The third kappa shape index (κ3) is 3.95. The number of nitro benzene ring substituents is 1. The van der Waals surface area contributed by atoms with Crippen LogP contribution in [0.25, 0.3) is 0 Å². The van der Waals surface area contributed by atoms with Crippen molar-refractivity contribution in [3.8, 4) is 0 Å². The first-order chi connectivity index (χ1) is 9.97. The van der Waals surface area contributed by atoms with Crippen molar-refractivity contribution in [2.75, 3.05) is 24.3 Å². The van der Waals surface area contributed by atoms with Gasteiger partial charge in [0, 0.05) is 37.2 Å². The summed E-state index contributed by atoms with van der Waals surface area (Å²) in [4.78, 5) is 12.5. The number of benzene rings is 2. The van der Waals surface area contributed by atoms with Crippen LogP contribution < -0.4 is 10.2 Å². The SMILES string of the molecule is CN(C)c1ccccc1NCc1cc(Br)cc([N+](=O)[O-])c1. The molecule has 0 saturated carbocycles. The van der Waals surface area contributed by atoms with Crippen LogP contribution in [-0.4, -0.2) is 19.0 Å². The van der Waals surface area contributed by atoms with Crippen LogP contribution in [0.2, 0.25) is 0 Å². The fourth-order valence-electron chi connectivity index (χ4n) is 2.05. The van der Waals surface area contributed by atoms with E-state index >= 15 is 0 Å². The summed E-state index contributed by atoms with van der Waals surface area (Å²) in [6, 6.07) is 12.9. The van der Waals surface area contributed by atoms with Crippen molar-refractivity contribution in [3.05, 3.63) is 62.6 Å². The molecule has 0 bridgehead atoms. The number of nitrogens with zero attached hydrogens (tertiary/aromatic N) is 2. The molecule has 0 saturated heterocycles. The minimum atomic E-state index is -0.387. The molecular formula is C15H16BrN3O2. The van der Waals surface area contributed by atoms with Gasteiger partial charge in [-0.3, -0.25) is 10.1 Å². The molecule has 0 heterocycles. The minimum absolute atomic E-state index is 0.0852. The van der Waals surface area contributed by atoms with Crippen molar-refractivity contribution in [2.45, 2.75) is 6.54 Å². The molecule has 0 atom stereocenters. The molecule has 2 aromatic carbocycles. The maximum absolute atomic E-state index is 10.9. The molecule has 5 nitrogen and oxygen atoms in total. The largest absolute Gasteiger partial charge is 0.379 e. The van der Waals surface area contributed by atoms with Crippen LogP contribution in [-0.2, 0) is 6.54 Å². The predicted molar refractivity (Wildman–Crippen MR) is 88.9 cm³/mol. The number of para-hydroxylation sites is 2. The lowest BCUT2D eigenvalue weighted by atomic mass is 10.2. The van der Waals surface area contributed by atoms with Crippen molar-refractivity contribution in [3.63, 3.8) is 0 Å². The van der Waals surface area contributed by atoms with Gasteiger partial charge in [-0.1, -0.05) is 28.1 Å². The molecule has 0 aliphatic carbocycles. The summed E-state index contributed by atoms with van der Waals surface area (Å²) >= 11 is 3.30. The van der Waals surface area contributed by atoms with E-state index in [2.05, 4.69) is 21.2 Å². The van der Waals surface area contributed by atoms with Crippen LogP contribution in [0.3, 0.4) is 0 Å². The van der Waals surface area contributed by atoms with Gasteiger partial charge in [-0.15, -0.1) is 0 Å². The van der Waals surface area contributed by atoms with Crippen LogP contribution in [0.4, 0.5) is 17.1 Å². The van der Waals surface area contributed by atoms with E-state index in [0.29, 0.717) is 11.0 Å². The van der Waals surface area contributed by atoms with Gasteiger partial charge < -0.3 is 10.2 Å². The fraction of sp³-hybridized carbons (Fsp3) is 0.200. The number of hydrogen-bond donors (Lipinski definition) is 1. The molecule has 0 aliphatic heterocycles. The fourth-order valence-corrected chi connectivity index (χ4v) is 2.58. The molecule has 2 aromatic rings. The van der Waals surface area contributed by atoms with E-state index in [-0.39, 0.29) is 10.6 Å². The standard InChI is InChI=1S/C15H16BrN3O2/c1-18(2)15-6-4-3-5-14(15)17-10-11-7-12(16)9-13(8-11)19(20)21/h3-9,17H,10H2,1-2H3. The second-order valence-corrected chi connectivity index (χ2v) is 5.76. The highest BCUT2D eigenvalue weighted by molar-refractivity contribution is 9.10. The summed E-state index contributed by atoms with van der Waals surface area (Å²) in [6.07, 6.45) is 0. The van der Waals surface area contributed by atoms with Crippen molar-refractivity contribution in [1.82, 2.24) is 0 Å². The second kappa shape index (κ2) is 6.58. The highest BCUT2D eigenvalue weighted by Crippen LogP contribution is 2.26. The van der Waals surface area contributed by atoms with Gasteiger partial charge >= 0.3 is 0 Å². The van der Waals surface area contributed by atoms with E-state index in [1.54, 1.807) is 6.07 Å². The first-order valence-corrected chi connectivity index (χ1v) is 7.21. The van der Waals surface area contributed by atoms with Gasteiger partial charge in [-0.25, -0.2) is 0 Å². The molecule has 0 aromatic heterocycles. The first-order valence-electron chi connectivity index (χ1n) is 6.41. The molecule has 0 fully saturated rings. The van der Waals surface area contributed by atoms with E-state index in [9.17, 15) is 10.1 Å². The van der Waals surface area contributed by atoms with Crippen LogP contribution in [0.5, 0.6) is 0 Å². The Morgan fingerprint density at radius 3 is 2.62 bits per heavy atom. The average molecular weight is 350 g/mol. The Bertz CT molecular complexity index is 659. The molecule has 0 radical (unpaired) electrons. The molecule has 110 valence electrons. The molecule has 21 heavy (non-hydrogen) atoms. The zero-order valence-corrected chi connectivity index (χ0v) is 13.4. The molecule has 0 aliphatic rings. The Kier molecular flexibility index (Phi) is 4.80. The normalized spacial score (nSPS) is 10.2.